The Balaban J connectivity index is 2.23. The van der Waals surface area contributed by atoms with Gasteiger partial charge in [-0.15, -0.1) is 0 Å². The normalized spacial score (nSPS) is 11.9. The molecule has 0 aliphatic carbocycles. The first-order valence-electron chi connectivity index (χ1n) is 7.77. The van der Waals surface area contributed by atoms with Crippen LogP contribution in [0.2, 0.25) is 0 Å². The van der Waals surface area contributed by atoms with Gasteiger partial charge in [0.15, 0.2) is 0 Å². The number of carboxylic acid groups (broad SMARTS) is 2. The van der Waals surface area contributed by atoms with Crippen LogP contribution in [0.3, 0.4) is 0 Å². The Hall–Kier alpha value is -2.27. The highest BCUT2D eigenvalue weighted by atomic mass is 32.1. The summed E-state index contributed by atoms with van der Waals surface area (Å²) in [7, 11) is 0. The van der Waals surface area contributed by atoms with Crippen molar-refractivity contribution in [3.63, 3.8) is 0 Å². The van der Waals surface area contributed by atoms with Crippen molar-refractivity contribution in [1.29, 1.82) is 0 Å². The summed E-state index contributed by atoms with van der Waals surface area (Å²) in [4.78, 5) is 22.5. The Labute approximate surface area is 146 Å². The number of aliphatic carboxylic acids is 1. The monoisotopic (exact) mass is 344 g/mol. The lowest BCUT2D eigenvalue weighted by molar-refractivity contribution is -0.141. The van der Waals surface area contributed by atoms with Crippen LogP contribution < -0.4 is 0 Å². The molecule has 2 N–H and O–H groups in total. The van der Waals surface area contributed by atoms with Crippen LogP contribution in [0.5, 0.6) is 0 Å². The molecule has 2 rings (SSSR count). The van der Waals surface area contributed by atoms with Crippen LogP contribution in [0.25, 0.3) is 11.1 Å². The van der Waals surface area contributed by atoms with Crippen LogP contribution in [0.15, 0.2) is 48.5 Å². The lowest BCUT2D eigenvalue weighted by Crippen LogP contribution is -2.16. The Bertz CT molecular complexity index is 727. The van der Waals surface area contributed by atoms with Crippen molar-refractivity contribution in [3.05, 3.63) is 59.7 Å². The molecular weight excluding hydrogens is 324 g/mol. The number of thiol groups is 1. The highest BCUT2D eigenvalue weighted by Crippen LogP contribution is 2.24. The van der Waals surface area contributed by atoms with Gasteiger partial charge in [0.1, 0.15) is 0 Å². The number of hydrogen-bond donors (Lipinski definition) is 3. The number of carboxylic acids is 2. The predicted octanol–water partition coefficient (Wildman–Crippen LogP) is 4.01. The van der Waals surface area contributed by atoms with Crippen LogP contribution >= 0.6 is 12.6 Å². The van der Waals surface area contributed by atoms with Crippen molar-refractivity contribution < 1.29 is 19.8 Å². The highest BCUT2D eigenvalue weighted by Gasteiger charge is 2.17. The molecule has 1 unspecified atom stereocenters. The van der Waals surface area contributed by atoms with E-state index >= 15 is 0 Å². The summed E-state index contributed by atoms with van der Waals surface area (Å²) in [6, 6.07) is 14.3. The van der Waals surface area contributed by atoms with Gasteiger partial charge < -0.3 is 10.2 Å². The van der Waals surface area contributed by atoms with Crippen molar-refractivity contribution in [3.8, 4) is 11.1 Å². The van der Waals surface area contributed by atoms with E-state index in [1.165, 1.54) is 0 Å². The Morgan fingerprint density at radius 3 is 2.29 bits per heavy atom. The lowest BCUT2D eigenvalue weighted by Gasteiger charge is -2.13. The SMILES string of the molecule is O=C(O)c1cccc(-c2cccc(CC(CCCS)C(=O)O)c2)c1. The highest BCUT2D eigenvalue weighted by molar-refractivity contribution is 7.80. The first-order valence-corrected chi connectivity index (χ1v) is 8.41. The van der Waals surface area contributed by atoms with Gasteiger partial charge >= 0.3 is 11.9 Å². The molecule has 1 atom stereocenters. The molecule has 0 aliphatic rings. The van der Waals surface area contributed by atoms with Gasteiger partial charge in [-0.2, -0.15) is 12.6 Å². The molecule has 2 aromatic carbocycles. The minimum absolute atomic E-state index is 0.232. The van der Waals surface area contributed by atoms with E-state index in [1.54, 1.807) is 18.2 Å². The molecule has 0 saturated carbocycles. The van der Waals surface area contributed by atoms with E-state index < -0.39 is 17.9 Å². The summed E-state index contributed by atoms with van der Waals surface area (Å²) in [5.74, 6) is -1.52. The van der Waals surface area contributed by atoms with Crippen LogP contribution in [0, 0.1) is 5.92 Å². The van der Waals surface area contributed by atoms with Crippen molar-refractivity contribution in [2.24, 2.45) is 5.92 Å². The first kappa shape index (κ1) is 18.1. The van der Waals surface area contributed by atoms with E-state index in [1.807, 2.05) is 30.3 Å². The summed E-state index contributed by atoms with van der Waals surface area (Å²) in [5, 5.41) is 18.5. The van der Waals surface area contributed by atoms with Crippen molar-refractivity contribution >= 4 is 24.6 Å². The molecule has 0 spiro atoms. The van der Waals surface area contributed by atoms with E-state index in [-0.39, 0.29) is 5.56 Å². The fourth-order valence-corrected chi connectivity index (χ4v) is 2.83. The van der Waals surface area contributed by atoms with Gasteiger partial charge in [-0.1, -0.05) is 36.4 Å². The summed E-state index contributed by atoms with van der Waals surface area (Å²) in [6.45, 7) is 0. The molecule has 0 bridgehead atoms. The quantitative estimate of drug-likeness (QED) is 0.633. The number of carbonyl (C=O) groups is 2. The zero-order valence-corrected chi connectivity index (χ0v) is 14.1. The molecule has 0 heterocycles. The molecule has 0 radical (unpaired) electrons. The molecule has 0 saturated heterocycles. The second-order valence-corrected chi connectivity index (χ2v) is 6.14. The van der Waals surface area contributed by atoms with Crippen molar-refractivity contribution in [2.75, 3.05) is 5.75 Å². The van der Waals surface area contributed by atoms with E-state index in [9.17, 15) is 14.7 Å². The fraction of sp³-hybridized carbons (Fsp3) is 0.263. The molecule has 0 aliphatic heterocycles. The predicted molar refractivity (Wildman–Crippen MR) is 96.8 cm³/mol. The minimum atomic E-state index is -0.967. The third kappa shape index (κ3) is 4.86. The molecule has 0 fully saturated rings. The van der Waals surface area contributed by atoms with Crippen molar-refractivity contribution in [1.82, 2.24) is 0 Å². The summed E-state index contributed by atoms with van der Waals surface area (Å²) in [5.41, 5.74) is 2.85. The van der Waals surface area contributed by atoms with E-state index in [4.69, 9.17) is 5.11 Å². The van der Waals surface area contributed by atoms with Gasteiger partial charge in [0.25, 0.3) is 0 Å². The summed E-state index contributed by atoms with van der Waals surface area (Å²) in [6.07, 6.45) is 1.81. The first-order chi connectivity index (χ1) is 11.5. The number of benzene rings is 2. The van der Waals surface area contributed by atoms with Gasteiger partial charge in [-0.25, -0.2) is 4.79 Å². The van der Waals surface area contributed by atoms with E-state index in [0.717, 1.165) is 23.1 Å². The third-order valence-corrected chi connectivity index (χ3v) is 4.23. The maximum atomic E-state index is 11.4. The van der Waals surface area contributed by atoms with Crippen LogP contribution in [0.4, 0.5) is 0 Å². The Morgan fingerprint density at radius 1 is 1.00 bits per heavy atom. The van der Waals surface area contributed by atoms with Gasteiger partial charge in [-0.3, -0.25) is 4.79 Å². The van der Waals surface area contributed by atoms with E-state index in [2.05, 4.69) is 12.6 Å². The molecule has 5 heteroatoms. The number of rotatable bonds is 8. The maximum Gasteiger partial charge on any atom is 0.335 e. The fourth-order valence-electron chi connectivity index (χ4n) is 2.64. The Morgan fingerprint density at radius 2 is 1.67 bits per heavy atom. The summed E-state index contributed by atoms with van der Waals surface area (Å²) >= 11 is 4.14. The number of aromatic carboxylic acids is 1. The van der Waals surface area contributed by atoms with Crippen molar-refractivity contribution in [2.45, 2.75) is 19.3 Å². The lowest BCUT2D eigenvalue weighted by atomic mass is 9.93. The second kappa shape index (κ2) is 8.55. The average molecular weight is 344 g/mol. The van der Waals surface area contributed by atoms with E-state index in [0.29, 0.717) is 18.6 Å². The molecule has 0 amide bonds. The molecule has 126 valence electrons. The molecule has 4 nitrogen and oxygen atoms in total. The van der Waals surface area contributed by atoms with Gasteiger partial charge in [0.05, 0.1) is 11.5 Å². The van der Waals surface area contributed by atoms with Gasteiger partial charge in [-0.05, 0) is 53.8 Å². The topological polar surface area (TPSA) is 74.6 Å². The second-order valence-electron chi connectivity index (χ2n) is 5.69. The largest absolute Gasteiger partial charge is 0.481 e. The van der Waals surface area contributed by atoms with Gasteiger partial charge in [0, 0.05) is 0 Å². The molecule has 0 aromatic heterocycles. The minimum Gasteiger partial charge on any atom is -0.481 e. The smallest absolute Gasteiger partial charge is 0.335 e. The molecular formula is C19H20O4S. The van der Waals surface area contributed by atoms with Crippen LogP contribution in [0.1, 0.15) is 28.8 Å². The van der Waals surface area contributed by atoms with Gasteiger partial charge in [0.2, 0.25) is 0 Å². The zero-order valence-electron chi connectivity index (χ0n) is 13.2. The molecule has 24 heavy (non-hydrogen) atoms. The van der Waals surface area contributed by atoms with Crippen LogP contribution in [-0.2, 0) is 11.2 Å². The zero-order chi connectivity index (χ0) is 17.5. The number of hydrogen-bond acceptors (Lipinski definition) is 3. The molecule has 2 aromatic rings. The Kier molecular flexibility index (Phi) is 6.44. The van der Waals surface area contributed by atoms with Crippen LogP contribution in [-0.4, -0.2) is 27.9 Å². The standard InChI is InChI=1S/C19H20O4S/c20-18(21)16(8-3-9-24)11-13-4-1-5-14(10-13)15-6-2-7-17(12-15)19(22)23/h1-2,4-7,10,12,16,24H,3,8-9,11H2,(H,20,21)(H,22,23). The summed E-state index contributed by atoms with van der Waals surface area (Å²) < 4.78 is 0. The maximum absolute atomic E-state index is 11.4. The average Bonchev–Trinajstić information content (AvgIpc) is 2.58. The third-order valence-electron chi connectivity index (χ3n) is 3.91.